The van der Waals surface area contributed by atoms with E-state index >= 15 is 0 Å². The molecule has 1 heterocycles. The van der Waals surface area contributed by atoms with Crippen molar-refractivity contribution in [2.24, 2.45) is 0 Å². The van der Waals surface area contributed by atoms with Gasteiger partial charge >= 0.3 is 0 Å². The smallest absolute Gasteiger partial charge is 0.274 e. The summed E-state index contributed by atoms with van der Waals surface area (Å²) < 4.78 is 19.1. The Morgan fingerprint density at radius 2 is 1.86 bits per heavy atom. The fourth-order valence-electron chi connectivity index (χ4n) is 2.71. The first kappa shape index (κ1) is 19.4. The van der Waals surface area contributed by atoms with Gasteiger partial charge in [0, 0.05) is 6.54 Å². The number of ether oxygens (including phenoxy) is 1. The van der Waals surface area contributed by atoms with E-state index in [0.29, 0.717) is 42.3 Å². The molecule has 1 aromatic heterocycles. The van der Waals surface area contributed by atoms with Crippen LogP contribution in [0.25, 0.3) is 0 Å². The van der Waals surface area contributed by atoms with Crippen molar-refractivity contribution >= 4 is 17.3 Å². The number of hydrogen-bond donors (Lipinski definition) is 2. The number of carbonyl (C=O) groups excluding carboxylic acids is 1. The summed E-state index contributed by atoms with van der Waals surface area (Å²) in [5, 5.41) is 5.99. The first-order chi connectivity index (χ1) is 13.7. The molecule has 0 radical (unpaired) electrons. The van der Waals surface area contributed by atoms with Crippen LogP contribution < -0.4 is 15.4 Å². The molecular weight excluding hydrogens is 357 g/mol. The molecule has 0 atom stereocenters. The molecule has 0 fully saturated rings. The number of pyridine rings is 1. The van der Waals surface area contributed by atoms with Crippen LogP contribution in [0.3, 0.4) is 0 Å². The molecule has 0 saturated heterocycles. The summed E-state index contributed by atoms with van der Waals surface area (Å²) in [6.45, 7) is 2.96. The third-order valence-electron chi connectivity index (χ3n) is 4.11. The summed E-state index contributed by atoms with van der Waals surface area (Å²) >= 11 is 0. The van der Waals surface area contributed by atoms with Crippen LogP contribution >= 0.6 is 0 Å². The highest BCUT2D eigenvalue weighted by Gasteiger charge is 2.11. The minimum absolute atomic E-state index is 0.207. The molecule has 1 amide bonds. The summed E-state index contributed by atoms with van der Waals surface area (Å²) in [7, 11) is 0. The zero-order chi connectivity index (χ0) is 19.8. The molecule has 0 aliphatic rings. The molecule has 144 valence electrons. The van der Waals surface area contributed by atoms with Gasteiger partial charge in [-0.3, -0.25) is 4.79 Å². The van der Waals surface area contributed by atoms with Gasteiger partial charge < -0.3 is 15.4 Å². The second-order valence-corrected chi connectivity index (χ2v) is 6.08. The summed E-state index contributed by atoms with van der Waals surface area (Å²) in [5.74, 6) is 0.0941. The van der Waals surface area contributed by atoms with Crippen molar-refractivity contribution in [2.45, 2.75) is 13.3 Å². The lowest BCUT2D eigenvalue weighted by atomic mass is 10.1. The van der Waals surface area contributed by atoms with Gasteiger partial charge in [0.1, 0.15) is 17.3 Å². The SMILES string of the molecule is CCOc1ccccc1NC(=O)c1ccc(NCCc2ccccc2F)cn1. The van der Waals surface area contributed by atoms with E-state index in [-0.39, 0.29) is 11.7 Å². The molecule has 0 spiro atoms. The third-order valence-corrected chi connectivity index (χ3v) is 4.11. The molecule has 0 bridgehead atoms. The number of carbonyl (C=O) groups is 1. The van der Waals surface area contributed by atoms with Crippen LogP contribution in [0.5, 0.6) is 5.75 Å². The molecule has 2 aromatic carbocycles. The minimum atomic E-state index is -0.315. The van der Waals surface area contributed by atoms with Crippen LogP contribution in [-0.2, 0) is 6.42 Å². The fourth-order valence-corrected chi connectivity index (χ4v) is 2.71. The number of amides is 1. The van der Waals surface area contributed by atoms with Gasteiger partial charge in [0.15, 0.2) is 0 Å². The standard InChI is InChI=1S/C22H22FN3O2/c1-2-28-21-10-6-5-9-19(21)26-22(27)20-12-11-17(15-25-20)24-14-13-16-7-3-4-8-18(16)23/h3-12,15,24H,2,13-14H2,1H3,(H,26,27). The lowest BCUT2D eigenvalue weighted by molar-refractivity contribution is 0.102. The Morgan fingerprint density at radius 1 is 1.07 bits per heavy atom. The van der Waals surface area contributed by atoms with E-state index in [2.05, 4.69) is 15.6 Å². The molecule has 2 N–H and O–H groups in total. The highest BCUT2D eigenvalue weighted by Crippen LogP contribution is 2.24. The van der Waals surface area contributed by atoms with E-state index in [1.807, 2.05) is 25.1 Å². The summed E-state index contributed by atoms with van der Waals surface area (Å²) in [4.78, 5) is 16.6. The van der Waals surface area contributed by atoms with Crippen LogP contribution in [0.1, 0.15) is 23.0 Å². The van der Waals surface area contributed by atoms with Crippen LogP contribution in [0.4, 0.5) is 15.8 Å². The Bertz CT molecular complexity index is 929. The van der Waals surface area contributed by atoms with Crippen LogP contribution in [0.15, 0.2) is 66.9 Å². The Morgan fingerprint density at radius 3 is 2.61 bits per heavy atom. The number of rotatable bonds is 8. The molecule has 3 rings (SSSR count). The maximum atomic E-state index is 13.6. The average molecular weight is 379 g/mol. The Kier molecular flexibility index (Phi) is 6.57. The maximum Gasteiger partial charge on any atom is 0.274 e. The Labute approximate surface area is 163 Å². The molecule has 28 heavy (non-hydrogen) atoms. The van der Waals surface area contributed by atoms with Crippen LogP contribution in [0.2, 0.25) is 0 Å². The number of nitrogens with one attached hydrogen (secondary N) is 2. The lowest BCUT2D eigenvalue weighted by Gasteiger charge is -2.11. The molecule has 5 nitrogen and oxygen atoms in total. The highest BCUT2D eigenvalue weighted by molar-refractivity contribution is 6.03. The first-order valence-electron chi connectivity index (χ1n) is 9.14. The van der Waals surface area contributed by atoms with E-state index in [1.54, 1.807) is 42.6 Å². The van der Waals surface area contributed by atoms with Gasteiger partial charge in [0.2, 0.25) is 0 Å². The predicted molar refractivity (Wildman–Crippen MR) is 108 cm³/mol. The minimum Gasteiger partial charge on any atom is -0.492 e. The molecular formula is C22H22FN3O2. The van der Waals surface area contributed by atoms with Crippen molar-refractivity contribution in [3.05, 3.63) is 83.9 Å². The third kappa shape index (κ3) is 5.07. The van der Waals surface area contributed by atoms with Gasteiger partial charge in [-0.2, -0.15) is 0 Å². The van der Waals surface area contributed by atoms with E-state index in [9.17, 15) is 9.18 Å². The molecule has 0 unspecified atom stereocenters. The Hall–Kier alpha value is -3.41. The second-order valence-electron chi connectivity index (χ2n) is 6.08. The summed E-state index contributed by atoms with van der Waals surface area (Å²) in [5.41, 5.74) is 2.32. The Balaban J connectivity index is 1.56. The van der Waals surface area contributed by atoms with Gasteiger partial charge in [0.25, 0.3) is 5.91 Å². The van der Waals surface area contributed by atoms with E-state index in [4.69, 9.17) is 4.74 Å². The largest absolute Gasteiger partial charge is 0.492 e. The summed E-state index contributed by atoms with van der Waals surface area (Å²) in [6, 6.07) is 17.4. The number of hydrogen-bond acceptors (Lipinski definition) is 4. The van der Waals surface area contributed by atoms with Gasteiger partial charge in [0.05, 0.1) is 24.2 Å². The van der Waals surface area contributed by atoms with Crippen molar-refractivity contribution in [2.75, 3.05) is 23.8 Å². The van der Waals surface area contributed by atoms with Gasteiger partial charge in [-0.1, -0.05) is 30.3 Å². The number of benzene rings is 2. The lowest BCUT2D eigenvalue weighted by Crippen LogP contribution is -2.15. The van der Waals surface area contributed by atoms with E-state index < -0.39 is 0 Å². The number of para-hydroxylation sites is 2. The second kappa shape index (κ2) is 9.50. The fraction of sp³-hybridized carbons (Fsp3) is 0.182. The number of halogens is 1. The van der Waals surface area contributed by atoms with Crippen molar-refractivity contribution in [3.8, 4) is 5.75 Å². The molecule has 0 aliphatic carbocycles. The normalized spacial score (nSPS) is 10.4. The zero-order valence-electron chi connectivity index (χ0n) is 15.6. The van der Waals surface area contributed by atoms with E-state index in [1.165, 1.54) is 6.07 Å². The number of anilines is 2. The average Bonchev–Trinajstić information content (AvgIpc) is 2.71. The highest BCUT2D eigenvalue weighted by atomic mass is 19.1. The maximum absolute atomic E-state index is 13.6. The van der Waals surface area contributed by atoms with Crippen molar-refractivity contribution in [1.29, 1.82) is 0 Å². The quantitative estimate of drug-likeness (QED) is 0.604. The van der Waals surface area contributed by atoms with Gasteiger partial charge in [-0.25, -0.2) is 9.37 Å². The van der Waals surface area contributed by atoms with Gasteiger partial charge in [-0.15, -0.1) is 0 Å². The number of nitrogens with zero attached hydrogens (tertiary/aromatic N) is 1. The van der Waals surface area contributed by atoms with E-state index in [0.717, 1.165) is 5.69 Å². The van der Waals surface area contributed by atoms with Crippen molar-refractivity contribution in [3.63, 3.8) is 0 Å². The molecule has 0 saturated carbocycles. The first-order valence-corrected chi connectivity index (χ1v) is 9.14. The summed E-state index contributed by atoms with van der Waals surface area (Å²) in [6.07, 6.45) is 2.15. The molecule has 3 aromatic rings. The number of aromatic nitrogens is 1. The van der Waals surface area contributed by atoms with Crippen molar-refractivity contribution < 1.29 is 13.9 Å². The predicted octanol–water partition coefficient (Wildman–Crippen LogP) is 4.53. The topological polar surface area (TPSA) is 63.2 Å². The monoisotopic (exact) mass is 379 g/mol. The van der Waals surface area contributed by atoms with Crippen LogP contribution in [0, 0.1) is 5.82 Å². The van der Waals surface area contributed by atoms with Crippen LogP contribution in [-0.4, -0.2) is 24.0 Å². The molecule has 0 aliphatic heterocycles. The molecule has 6 heteroatoms. The zero-order valence-corrected chi connectivity index (χ0v) is 15.6. The van der Waals surface area contributed by atoms with Gasteiger partial charge in [-0.05, 0) is 49.2 Å². The van der Waals surface area contributed by atoms with Crippen molar-refractivity contribution in [1.82, 2.24) is 4.98 Å².